The lowest BCUT2D eigenvalue weighted by atomic mass is 10.0. The van der Waals surface area contributed by atoms with E-state index in [0.717, 1.165) is 19.1 Å². The first-order chi connectivity index (χ1) is 12.1. The Kier molecular flexibility index (Phi) is 6.19. The van der Waals surface area contributed by atoms with Crippen molar-refractivity contribution in [2.45, 2.75) is 25.3 Å². The third-order valence-electron chi connectivity index (χ3n) is 4.37. The van der Waals surface area contributed by atoms with Gasteiger partial charge in [0.05, 0.1) is 11.2 Å². The largest absolute Gasteiger partial charge is 0.372 e. The topological polar surface area (TPSA) is 113 Å². The van der Waals surface area contributed by atoms with Gasteiger partial charge in [0.15, 0.2) is 0 Å². The number of benzene rings is 1. The zero-order chi connectivity index (χ0) is 19.5. The Morgan fingerprint density at radius 2 is 2.08 bits per heavy atom. The minimum Gasteiger partial charge on any atom is -0.372 e. The van der Waals surface area contributed by atoms with E-state index >= 15 is 0 Å². The van der Waals surface area contributed by atoms with Crippen molar-refractivity contribution in [2.75, 3.05) is 38.3 Å². The molecule has 0 radical (unpaired) electrons. The van der Waals surface area contributed by atoms with Crippen LogP contribution in [0.15, 0.2) is 18.2 Å². The molecular weight excluding hydrogens is 360 g/mol. The molecule has 0 spiro atoms. The van der Waals surface area contributed by atoms with Crippen LogP contribution in [0.1, 0.15) is 29.6 Å². The van der Waals surface area contributed by atoms with Crippen molar-refractivity contribution in [3.8, 4) is 0 Å². The third kappa shape index (κ3) is 4.92. The molecule has 1 amide bonds. The van der Waals surface area contributed by atoms with Crippen molar-refractivity contribution in [1.29, 1.82) is 0 Å². The van der Waals surface area contributed by atoms with Crippen LogP contribution >= 0.6 is 0 Å². The predicted molar refractivity (Wildman–Crippen MR) is 98.9 cm³/mol. The summed E-state index contributed by atoms with van der Waals surface area (Å²) in [6, 6.07) is 4.14. The Bertz CT molecular complexity index is 794. The summed E-state index contributed by atoms with van der Waals surface area (Å²) in [6.45, 7) is 0.640. The molecular formula is C16H24N4O5S. The molecule has 1 aliphatic rings. The van der Waals surface area contributed by atoms with Crippen LogP contribution in [-0.2, 0) is 10.0 Å². The number of amides is 1. The molecule has 0 aromatic heterocycles. The number of nitrogens with zero attached hydrogens (tertiary/aromatic N) is 3. The van der Waals surface area contributed by atoms with Crippen molar-refractivity contribution in [1.82, 2.24) is 9.62 Å². The van der Waals surface area contributed by atoms with Gasteiger partial charge in [0, 0.05) is 44.9 Å². The maximum atomic E-state index is 12.9. The molecule has 1 aromatic rings. The summed E-state index contributed by atoms with van der Waals surface area (Å²) in [7, 11) is 0.0384. The fourth-order valence-corrected chi connectivity index (χ4v) is 3.57. The fraction of sp³-hybridized carbons (Fsp3) is 0.562. The van der Waals surface area contributed by atoms with Gasteiger partial charge in [-0.15, -0.1) is 0 Å². The van der Waals surface area contributed by atoms with Crippen LogP contribution in [0.4, 0.5) is 11.4 Å². The molecule has 1 aromatic carbocycles. The highest BCUT2D eigenvalue weighted by Gasteiger charge is 2.29. The fourth-order valence-electron chi connectivity index (χ4n) is 3.07. The van der Waals surface area contributed by atoms with Gasteiger partial charge >= 0.3 is 0 Å². The van der Waals surface area contributed by atoms with E-state index in [1.165, 1.54) is 6.07 Å². The van der Waals surface area contributed by atoms with Gasteiger partial charge in [-0.25, -0.2) is 13.1 Å². The molecule has 2 rings (SSSR count). The molecule has 1 saturated heterocycles. The molecule has 26 heavy (non-hydrogen) atoms. The maximum Gasteiger partial charge on any atom is 0.293 e. The Morgan fingerprint density at radius 3 is 2.65 bits per heavy atom. The van der Waals surface area contributed by atoms with E-state index < -0.39 is 14.9 Å². The van der Waals surface area contributed by atoms with E-state index in [-0.39, 0.29) is 29.7 Å². The first kappa shape index (κ1) is 20.1. The van der Waals surface area contributed by atoms with Crippen LogP contribution in [-0.4, -0.2) is 63.6 Å². The highest BCUT2D eigenvalue weighted by molar-refractivity contribution is 7.88. The quantitative estimate of drug-likeness (QED) is 0.582. The minimum atomic E-state index is -3.35. The van der Waals surface area contributed by atoms with Gasteiger partial charge in [0.25, 0.3) is 11.6 Å². The second-order valence-corrected chi connectivity index (χ2v) is 8.46. The number of hydrogen-bond acceptors (Lipinski definition) is 6. The Hall–Kier alpha value is -2.20. The Morgan fingerprint density at radius 1 is 1.38 bits per heavy atom. The van der Waals surface area contributed by atoms with Crippen LogP contribution in [0.5, 0.6) is 0 Å². The summed E-state index contributed by atoms with van der Waals surface area (Å²) in [6.07, 6.45) is 3.48. The normalized spacial score (nSPS) is 17.8. The summed E-state index contributed by atoms with van der Waals surface area (Å²) in [4.78, 5) is 27.0. The molecule has 1 atom stereocenters. The summed E-state index contributed by atoms with van der Waals surface area (Å²) < 4.78 is 25.1. The molecule has 1 aliphatic heterocycles. The lowest BCUT2D eigenvalue weighted by molar-refractivity contribution is -0.384. The van der Waals surface area contributed by atoms with E-state index in [2.05, 4.69) is 4.72 Å². The molecule has 0 bridgehead atoms. The number of sulfonamides is 1. The van der Waals surface area contributed by atoms with Crippen LogP contribution in [0, 0.1) is 10.1 Å². The van der Waals surface area contributed by atoms with E-state index in [0.29, 0.717) is 18.7 Å². The van der Waals surface area contributed by atoms with E-state index in [4.69, 9.17) is 0 Å². The third-order valence-corrected chi connectivity index (χ3v) is 5.06. The highest BCUT2D eigenvalue weighted by Crippen LogP contribution is 2.29. The van der Waals surface area contributed by atoms with Crippen LogP contribution < -0.4 is 9.62 Å². The number of nitrogens with one attached hydrogen (secondary N) is 1. The van der Waals surface area contributed by atoms with E-state index in [1.54, 1.807) is 36.0 Å². The van der Waals surface area contributed by atoms with E-state index in [1.807, 2.05) is 0 Å². The average molecular weight is 384 g/mol. The van der Waals surface area contributed by atoms with Crippen molar-refractivity contribution < 1.29 is 18.1 Å². The molecule has 0 saturated carbocycles. The summed E-state index contributed by atoms with van der Waals surface area (Å²) >= 11 is 0. The number of carbonyl (C=O) groups excluding carboxylic acids is 1. The number of likely N-dealkylation sites (tertiary alicyclic amines) is 1. The predicted octanol–water partition coefficient (Wildman–Crippen LogP) is 1.20. The van der Waals surface area contributed by atoms with Crippen molar-refractivity contribution in [2.24, 2.45) is 0 Å². The number of hydrogen-bond donors (Lipinski definition) is 1. The molecule has 1 fully saturated rings. The molecule has 144 valence electrons. The van der Waals surface area contributed by atoms with Gasteiger partial charge < -0.3 is 9.80 Å². The number of nitro benzene ring substituents is 1. The van der Waals surface area contributed by atoms with Crippen LogP contribution in [0.25, 0.3) is 0 Å². The lowest BCUT2D eigenvalue weighted by Crippen LogP contribution is -2.49. The van der Waals surface area contributed by atoms with Crippen molar-refractivity contribution in [3.05, 3.63) is 33.9 Å². The number of rotatable bonds is 6. The standard InChI is InChI=1S/C16H24N4O5S/c1-18(2)14-8-7-12(10-15(14)20(22)23)16(21)19-9-5-4-6-13(19)11-17-26(3,24)25/h7-8,10,13,17H,4-6,9,11H2,1-3H3. The number of nitro groups is 1. The van der Waals surface area contributed by atoms with Crippen molar-refractivity contribution in [3.63, 3.8) is 0 Å². The molecule has 1 heterocycles. The zero-order valence-electron chi connectivity index (χ0n) is 15.1. The Balaban J connectivity index is 2.27. The van der Waals surface area contributed by atoms with Gasteiger partial charge in [0.1, 0.15) is 5.69 Å². The van der Waals surface area contributed by atoms with E-state index in [9.17, 15) is 23.3 Å². The summed E-state index contributed by atoms with van der Waals surface area (Å²) in [5.74, 6) is -0.321. The first-order valence-corrected chi connectivity index (χ1v) is 10.2. The molecule has 1 unspecified atom stereocenters. The molecule has 10 heteroatoms. The molecule has 0 aliphatic carbocycles. The summed E-state index contributed by atoms with van der Waals surface area (Å²) in [5, 5.41) is 11.3. The smallest absolute Gasteiger partial charge is 0.293 e. The minimum absolute atomic E-state index is 0.135. The van der Waals surface area contributed by atoms with Gasteiger partial charge in [-0.2, -0.15) is 0 Å². The molecule has 1 N–H and O–H groups in total. The van der Waals surface area contributed by atoms with Crippen molar-refractivity contribution >= 4 is 27.3 Å². The average Bonchev–Trinajstić information content (AvgIpc) is 2.58. The monoisotopic (exact) mass is 384 g/mol. The number of anilines is 1. The number of piperidine rings is 1. The SMILES string of the molecule is CN(C)c1ccc(C(=O)N2CCCCC2CNS(C)(=O)=O)cc1[N+](=O)[O-]. The maximum absolute atomic E-state index is 12.9. The first-order valence-electron chi connectivity index (χ1n) is 8.31. The van der Waals surface area contributed by atoms with Crippen LogP contribution in [0.3, 0.4) is 0 Å². The zero-order valence-corrected chi connectivity index (χ0v) is 16.0. The van der Waals surface area contributed by atoms with Gasteiger partial charge in [0.2, 0.25) is 10.0 Å². The lowest BCUT2D eigenvalue weighted by Gasteiger charge is -2.35. The van der Waals surface area contributed by atoms with Gasteiger partial charge in [-0.3, -0.25) is 14.9 Å². The Labute approximate surface area is 153 Å². The molecule has 9 nitrogen and oxygen atoms in total. The van der Waals surface area contributed by atoms with Gasteiger partial charge in [-0.1, -0.05) is 0 Å². The van der Waals surface area contributed by atoms with Crippen LogP contribution in [0.2, 0.25) is 0 Å². The van der Waals surface area contributed by atoms with Gasteiger partial charge in [-0.05, 0) is 31.4 Å². The second-order valence-electron chi connectivity index (χ2n) is 6.62. The summed E-state index contributed by atoms with van der Waals surface area (Å²) in [5.41, 5.74) is 0.512. The second kappa shape index (κ2) is 8.00. The number of carbonyl (C=O) groups is 1. The highest BCUT2D eigenvalue weighted by atomic mass is 32.2.